The first-order chi connectivity index (χ1) is 27.8. The lowest BCUT2D eigenvalue weighted by Crippen LogP contribution is -2.10. The Balaban J connectivity index is 1.09. The van der Waals surface area contributed by atoms with Crippen LogP contribution in [0.3, 0.4) is 0 Å². The van der Waals surface area contributed by atoms with Crippen LogP contribution in [0.2, 0.25) is 0 Å². The summed E-state index contributed by atoms with van der Waals surface area (Å²) in [5.74, 6) is 0. The fraction of sp³-hybridized carbons (Fsp3) is 0. The third-order valence-corrected chi connectivity index (χ3v) is 12.5. The second kappa shape index (κ2) is 12.2. The number of hydrogen-bond acceptors (Lipinski definition) is 3. The smallest absolute Gasteiger partial charge is 0.143 e. The Labute approximate surface area is 326 Å². The number of aromatic nitrogens is 1. The summed E-state index contributed by atoms with van der Waals surface area (Å²) in [6.45, 7) is 0. The van der Waals surface area contributed by atoms with Gasteiger partial charge in [-0.2, -0.15) is 0 Å². The predicted molar refractivity (Wildman–Crippen MR) is 239 cm³/mol. The highest BCUT2D eigenvalue weighted by molar-refractivity contribution is 7.25. The fourth-order valence-electron chi connectivity index (χ4n) is 8.83. The molecule has 9 aromatic carbocycles. The van der Waals surface area contributed by atoms with Gasteiger partial charge in [0.2, 0.25) is 0 Å². The Morgan fingerprint density at radius 1 is 0.429 bits per heavy atom. The van der Waals surface area contributed by atoms with E-state index in [4.69, 9.17) is 4.42 Å². The van der Waals surface area contributed by atoms with E-state index in [1.54, 1.807) is 0 Å². The predicted octanol–water partition coefficient (Wildman–Crippen LogP) is 15.3. The van der Waals surface area contributed by atoms with Crippen molar-refractivity contribution in [2.24, 2.45) is 0 Å². The summed E-state index contributed by atoms with van der Waals surface area (Å²) in [7, 11) is 0. The van der Waals surface area contributed by atoms with Crippen LogP contribution in [0, 0.1) is 0 Å². The maximum Gasteiger partial charge on any atom is 0.143 e. The molecule has 0 spiro atoms. The monoisotopic (exact) mass is 732 g/mol. The minimum absolute atomic E-state index is 0.873. The third kappa shape index (κ3) is 4.70. The van der Waals surface area contributed by atoms with Crippen molar-refractivity contribution in [2.75, 3.05) is 4.90 Å². The highest BCUT2D eigenvalue weighted by Gasteiger charge is 2.22. The molecule has 0 unspecified atom stereocenters. The maximum absolute atomic E-state index is 6.72. The molecule has 0 saturated carbocycles. The highest BCUT2D eigenvalue weighted by Crippen LogP contribution is 2.47. The first-order valence-corrected chi connectivity index (χ1v) is 19.8. The van der Waals surface area contributed by atoms with Crippen molar-refractivity contribution >= 4 is 103 Å². The molecule has 0 N–H and O–H groups in total. The van der Waals surface area contributed by atoms with Gasteiger partial charge in [0.1, 0.15) is 11.2 Å². The van der Waals surface area contributed by atoms with Crippen molar-refractivity contribution in [1.82, 2.24) is 4.57 Å². The average molecular weight is 733 g/mol. The third-order valence-electron chi connectivity index (χ3n) is 11.3. The van der Waals surface area contributed by atoms with Crippen LogP contribution in [0.5, 0.6) is 0 Å². The number of hydrogen-bond donors (Lipinski definition) is 0. The molecule has 0 bridgehead atoms. The van der Waals surface area contributed by atoms with Crippen LogP contribution in [-0.2, 0) is 0 Å². The zero-order chi connectivity index (χ0) is 36.7. The van der Waals surface area contributed by atoms with Crippen LogP contribution in [-0.4, -0.2) is 4.57 Å². The summed E-state index contributed by atoms with van der Waals surface area (Å²) < 4.78 is 11.7. The van der Waals surface area contributed by atoms with Gasteiger partial charge in [-0.15, -0.1) is 11.3 Å². The van der Waals surface area contributed by atoms with E-state index in [9.17, 15) is 0 Å². The van der Waals surface area contributed by atoms with Gasteiger partial charge < -0.3 is 13.9 Å². The number of rotatable bonds is 5. The Morgan fingerprint density at radius 2 is 1.16 bits per heavy atom. The van der Waals surface area contributed by atoms with E-state index in [-0.39, 0.29) is 0 Å². The average Bonchev–Trinajstić information content (AvgIpc) is 3.94. The van der Waals surface area contributed by atoms with Gasteiger partial charge >= 0.3 is 0 Å². The SMILES string of the molecule is c1ccc(-n2c3ccccc3c3cc(-c4cccc(N(c5ccc6sc7ccccc7c6c5)c5cccc6oc7c8ccccc8ccc7c56)c4)ccc32)cc1. The summed E-state index contributed by atoms with van der Waals surface area (Å²) in [5.41, 5.74) is 10.9. The van der Waals surface area contributed by atoms with Crippen LogP contribution >= 0.6 is 11.3 Å². The van der Waals surface area contributed by atoms with Gasteiger partial charge in [-0.05, 0) is 101 Å². The molecule has 0 saturated heterocycles. The van der Waals surface area contributed by atoms with E-state index in [2.05, 4.69) is 204 Å². The lowest BCUT2D eigenvalue weighted by atomic mass is 10.0. The summed E-state index contributed by atoms with van der Waals surface area (Å²) in [6, 6.07) is 70.3. The first kappa shape index (κ1) is 31.2. The van der Waals surface area contributed by atoms with E-state index in [1.165, 1.54) is 52.9 Å². The fourth-order valence-corrected chi connectivity index (χ4v) is 9.92. The van der Waals surface area contributed by atoms with Crippen molar-refractivity contribution in [1.29, 1.82) is 0 Å². The Hall–Kier alpha value is -7.14. The Bertz CT molecular complexity index is 3500. The van der Waals surface area contributed by atoms with Crippen molar-refractivity contribution in [3.63, 3.8) is 0 Å². The zero-order valence-electron chi connectivity index (χ0n) is 30.2. The summed E-state index contributed by atoms with van der Waals surface area (Å²) in [4.78, 5) is 2.42. The molecule has 3 nitrogen and oxygen atoms in total. The number of benzene rings is 9. The molecule has 0 atom stereocenters. The number of thiophene rings is 1. The first-order valence-electron chi connectivity index (χ1n) is 19.0. The lowest BCUT2D eigenvalue weighted by molar-refractivity contribution is 0.672. The molecule has 262 valence electrons. The molecule has 0 aliphatic heterocycles. The summed E-state index contributed by atoms with van der Waals surface area (Å²) >= 11 is 1.85. The van der Waals surface area contributed by atoms with Crippen molar-refractivity contribution in [3.05, 3.63) is 194 Å². The van der Waals surface area contributed by atoms with Crippen LogP contribution in [0.4, 0.5) is 17.1 Å². The molecule has 0 radical (unpaired) electrons. The van der Waals surface area contributed by atoms with Crippen LogP contribution < -0.4 is 4.90 Å². The molecule has 0 aliphatic rings. The second-order valence-electron chi connectivity index (χ2n) is 14.5. The molecule has 0 fully saturated rings. The molecule has 0 aliphatic carbocycles. The standard InChI is InChI=1S/C52H32N2OS/c1-2-14-36(15-3-1)54-45-20-8-6-18-40(45)43-31-35(25-28-46(43)54)34-13-10-16-37(30-34)53(38-26-29-50-44(32-38)41-19-7-9-23-49(41)56-50)47-21-11-22-48-51(47)42-27-24-33-12-4-5-17-39(33)52(42)55-48/h1-32H. The molecule has 12 rings (SSSR count). The minimum Gasteiger partial charge on any atom is -0.455 e. The number of para-hydroxylation sites is 2. The van der Waals surface area contributed by atoms with Gasteiger partial charge in [0.05, 0.1) is 22.1 Å². The lowest BCUT2D eigenvalue weighted by Gasteiger charge is -2.27. The quantitative estimate of drug-likeness (QED) is 0.176. The molecule has 3 aromatic heterocycles. The van der Waals surface area contributed by atoms with Gasteiger partial charge in [-0.25, -0.2) is 0 Å². The van der Waals surface area contributed by atoms with E-state index in [0.29, 0.717) is 0 Å². The van der Waals surface area contributed by atoms with Gasteiger partial charge in [0.15, 0.2) is 0 Å². The number of fused-ring (bicyclic) bond motifs is 11. The number of furan rings is 1. The van der Waals surface area contributed by atoms with Crippen molar-refractivity contribution in [3.8, 4) is 16.8 Å². The normalized spacial score (nSPS) is 11.9. The van der Waals surface area contributed by atoms with Gasteiger partial charge in [0, 0.05) is 58.8 Å². The molecule has 12 aromatic rings. The van der Waals surface area contributed by atoms with Gasteiger partial charge in [0.25, 0.3) is 0 Å². The van der Waals surface area contributed by atoms with Gasteiger partial charge in [-0.1, -0.05) is 109 Å². The van der Waals surface area contributed by atoms with E-state index in [0.717, 1.165) is 55.6 Å². The number of nitrogens with zero attached hydrogens (tertiary/aromatic N) is 2. The molecular formula is C52H32N2OS. The highest BCUT2D eigenvalue weighted by atomic mass is 32.1. The summed E-state index contributed by atoms with van der Waals surface area (Å²) in [6.07, 6.45) is 0. The largest absolute Gasteiger partial charge is 0.455 e. The summed E-state index contributed by atoms with van der Waals surface area (Å²) in [5, 5.41) is 9.53. The zero-order valence-corrected chi connectivity index (χ0v) is 31.0. The van der Waals surface area contributed by atoms with Crippen molar-refractivity contribution in [2.45, 2.75) is 0 Å². The molecular weight excluding hydrogens is 701 g/mol. The minimum atomic E-state index is 0.873. The van der Waals surface area contributed by atoms with Crippen LogP contribution in [0.25, 0.3) is 91.5 Å². The van der Waals surface area contributed by atoms with Crippen LogP contribution in [0.15, 0.2) is 199 Å². The number of anilines is 3. The van der Waals surface area contributed by atoms with Crippen molar-refractivity contribution < 1.29 is 4.42 Å². The molecule has 56 heavy (non-hydrogen) atoms. The van der Waals surface area contributed by atoms with E-state index in [1.807, 2.05) is 11.3 Å². The molecule has 4 heteroatoms. The van der Waals surface area contributed by atoms with E-state index < -0.39 is 0 Å². The molecule has 0 amide bonds. The Morgan fingerprint density at radius 3 is 2.09 bits per heavy atom. The topological polar surface area (TPSA) is 21.3 Å². The van der Waals surface area contributed by atoms with Gasteiger partial charge in [-0.3, -0.25) is 0 Å². The molecule has 3 heterocycles. The maximum atomic E-state index is 6.72. The van der Waals surface area contributed by atoms with E-state index >= 15 is 0 Å². The second-order valence-corrected chi connectivity index (χ2v) is 15.6. The Kier molecular flexibility index (Phi) is 6.80. The van der Waals surface area contributed by atoms with Crippen LogP contribution in [0.1, 0.15) is 0 Å².